The van der Waals surface area contributed by atoms with E-state index < -0.39 is 0 Å². The van der Waals surface area contributed by atoms with Crippen molar-refractivity contribution < 1.29 is 0 Å². The van der Waals surface area contributed by atoms with E-state index in [0.717, 1.165) is 5.52 Å². The standard InChI is InChI=1S/C18H24N2/c1-3-18(11-4-5-12-18)17(19-2)15-10-6-8-14-9-7-13-20-16(14)15/h6-10,13,17,19H,3-5,11-12H2,1-2H3. The van der Waals surface area contributed by atoms with Gasteiger partial charge >= 0.3 is 0 Å². The molecule has 20 heavy (non-hydrogen) atoms. The number of pyridine rings is 1. The fourth-order valence-electron chi connectivity index (χ4n) is 4.08. The van der Waals surface area contributed by atoms with E-state index >= 15 is 0 Å². The highest BCUT2D eigenvalue weighted by Crippen LogP contribution is 2.50. The van der Waals surface area contributed by atoms with Gasteiger partial charge < -0.3 is 5.32 Å². The molecule has 0 radical (unpaired) electrons. The first kappa shape index (κ1) is 13.6. The fraction of sp³-hybridized carbons (Fsp3) is 0.500. The molecule has 0 amide bonds. The molecule has 0 aliphatic heterocycles. The molecule has 1 aliphatic rings. The minimum Gasteiger partial charge on any atom is -0.312 e. The molecule has 1 fully saturated rings. The summed E-state index contributed by atoms with van der Waals surface area (Å²) in [6.07, 6.45) is 8.54. The molecule has 1 unspecified atom stereocenters. The highest BCUT2D eigenvalue weighted by molar-refractivity contribution is 5.82. The summed E-state index contributed by atoms with van der Waals surface area (Å²) in [7, 11) is 2.10. The van der Waals surface area contributed by atoms with E-state index in [-0.39, 0.29) is 0 Å². The average molecular weight is 268 g/mol. The monoisotopic (exact) mass is 268 g/mol. The Morgan fingerprint density at radius 3 is 2.65 bits per heavy atom. The number of hydrogen-bond donors (Lipinski definition) is 1. The van der Waals surface area contributed by atoms with E-state index in [1.165, 1.54) is 43.1 Å². The Bertz CT molecular complexity index is 579. The molecule has 1 saturated carbocycles. The van der Waals surface area contributed by atoms with Crippen LogP contribution in [0.5, 0.6) is 0 Å². The van der Waals surface area contributed by atoms with Gasteiger partial charge in [-0.15, -0.1) is 0 Å². The fourth-order valence-corrected chi connectivity index (χ4v) is 4.08. The third-order valence-electron chi connectivity index (χ3n) is 5.18. The Labute approximate surface area is 121 Å². The van der Waals surface area contributed by atoms with Crippen LogP contribution in [0.4, 0.5) is 0 Å². The lowest BCUT2D eigenvalue weighted by molar-refractivity contribution is 0.196. The minimum absolute atomic E-state index is 0.403. The van der Waals surface area contributed by atoms with Crippen molar-refractivity contribution in [1.82, 2.24) is 10.3 Å². The molecule has 0 saturated heterocycles. The molecule has 0 bridgehead atoms. The summed E-state index contributed by atoms with van der Waals surface area (Å²) >= 11 is 0. The first-order valence-corrected chi connectivity index (χ1v) is 7.81. The second kappa shape index (κ2) is 5.53. The van der Waals surface area contributed by atoms with Crippen molar-refractivity contribution in [2.75, 3.05) is 7.05 Å². The van der Waals surface area contributed by atoms with Gasteiger partial charge in [0.2, 0.25) is 0 Å². The summed E-state index contributed by atoms with van der Waals surface area (Å²) in [6, 6.07) is 11.2. The molecular formula is C18H24N2. The summed E-state index contributed by atoms with van der Waals surface area (Å²) in [5.74, 6) is 0. The first-order chi connectivity index (χ1) is 9.80. The molecule has 1 atom stereocenters. The molecule has 1 N–H and O–H groups in total. The lowest BCUT2D eigenvalue weighted by Gasteiger charge is -2.37. The Balaban J connectivity index is 2.12. The normalized spacial score (nSPS) is 19.3. The lowest BCUT2D eigenvalue weighted by Crippen LogP contribution is -2.34. The molecule has 106 valence electrons. The van der Waals surface area contributed by atoms with Crippen LogP contribution in [-0.4, -0.2) is 12.0 Å². The maximum atomic E-state index is 4.65. The van der Waals surface area contributed by atoms with Crippen LogP contribution in [-0.2, 0) is 0 Å². The van der Waals surface area contributed by atoms with Crippen LogP contribution >= 0.6 is 0 Å². The predicted octanol–water partition coefficient (Wildman–Crippen LogP) is 4.47. The topological polar surface area (TPSA) is 24.9 Å². The van der Waals surface area contributed by atoms with E-state index in [1.807, 2.05) is 12.3 Å². The highest BCUT2D eigenvalue weighted by Gasteiger charge is 2.40. The van der Waals surface area contributed by atoms with Gasteiger partial charge in [-0.1, -0.05) is 44.0 Å². The number of hydrogen-bond acceptors (Lipinski definition) is 2. The van der Waals surface area contributed by atoms with E-state index in [0.29, 0.717) is 11.5 Å². The van der Waals surface area contributed by atoms with Crippen molar-refractivity contribution in [1.29, 1.82) is 0 Å². The molecule has 0 spiro atoms. The molecule has 2 nitrogen and oxygen atoms in total. The van der Waals surface area contributed by atoms with Gasteiger partial charge in [0.25, 0.3) is 0 Å². The number of aromatic nitrogens is 1. The molecule has 2 aromatic rings. The SMILES string of the molecule is CCC1(C(NC)c2cccc3cccnc23)CCCC1. The number of nitrogens with one attached hydrogen (secondary N) is 1. The third kappa shape index (κ3) is 2.12. The second-order valence-corrected chi connectivity index (χ2v) is 6.07. The van der Waals surface area contributed by atoms with Gasteiger partial charge in [0.05, 0.1) is 5.52 Å². The zero-order chi connectivity index (χ0) is 14.0. The zero-order valence-corrected chi connectivity index (χ0v) is 12.5. The average Bonchev–Trinajstić information content (AvgIpc) is 2.98. The Morgan fingerprint density at radius 1 is 1.20 bits per heavy atom. The Morgan fingerprint density at radius 2 is 1.95 bits per heavy atom. The van der Waals surface area contributed by atoms with Crippen LogP contribution in [0.15, 0.2) is 36.5 Å². The summed E-state index contributed by atoms with van der Waals surface area (Å²) in [5, 5.41) is 4.85. The Hall–Kier alpha value is -1.41. The lowest BCUT2D eigenvalue weighted by atomic mass is 9.73. The van der Waals surface area contributed by atoms with E-state index in [4.69, 9.17) is 0 Å². The summed E-state index contributed by atoms with van der Waals surface area (Å²) < 4.78 is 0. The molecule has 2 heteroatoms. The van der Waals surface area contributed by atoms with E-state index in [1.54, 1.807) is 0 Å². The smallest absolute Gasteiger partial charge is 0.0749 e. The molecule has 1 aromatic carbocycles. The predicted molar refractivity (Wildman–Crippen MR) is 84.7 cm³/mol. The van der Waals surface area contributed by atoms with Crippen LogP contribution < -0.4 is 5.32 Å². The van der Waals surface area contributed by atoms with Crippen LogP contribution in [0.25, 0.3) is 10.9 Å². The number of rotatable bonds is 4. The first-order valence-electron chi connectivity index (χ1n) is 7.81. The van der Waals surface area contributed by atoms with Gasteiger partial charge in [0, 0.05) is 17.6 Å². The molecule has 1 heterocycles. The van der Waals surface area contributed by atoms with Crippen LogP contribution in [0.3, 0.4) is 0 Å². The van der Waals surface area contributed by atoms with Crippen LogP contribution in [0, 0.1) is 5.41 Å². The van der Waals surface area contributed by atoms with Crippen LogP contribution in [0.1, 0.15) is 50.6 Å². The van der Waals surface area contributed by atoms with Gasteiger partial charge in [-0.2, -0.15) is 0 Å². The van der Waals surface area contributed by atoms with Crippen molar-refractivity contribution in [2.45, 2.75) is 45.1 Å². The van der Waals surface area contributed by atoms with Gasteiger partial charge in [-0.25, -0.2) is 0 Å². The van der Waals surface area contributed by atoms with Gasteiger partial charge in [0.1, 0.15) is 0 Å². The quantitative estimate of drug-likeness (QED) is 0.885. The summed E-state index contributed by atoms with van der Waals surface area (Å²) in [5.41, 5.74) is 2.93. The number of fused-ring (bicyclic) bond motifs is 1. The van der Waals surface area contributed by atoms with Gasteiger partial charge in [-0.05, 0) is 43.4 Å². The van der Waals surface area contributed by atoms with Crippen molar-refractivity contribution in [3.63, 3.8) is 0 Å². The zero-order valence-electron chi connectivity index (χ0n) is 12.5. The maximum absolute atomic E-state index is 4.65. The van der Waals surface area contributed by atoms with Crippen molar-refractivity contribution in [2.24, 2.45) is 5.41 Å². The van der Waals surface area contributed by atoms with Crippen molar-refractivity contribution in [3.05, 3.63) is 42.1 Å². The maximum Gasteiger partial charge on any atom is 0.0749 e. The van der Waals surface area contributed by atoms with Crippen molar-refractivity contribution >= 4 is 10.9 Å². The highest BCUT2D eigenvalue weighted by atomic mass is 14.9. The minimum atomic E-state index is 0.403. The molecular weight excluding hydrogens is 244 g/mol. The van der Waals surface area contributed by atoms with Crippen molar-refractivity contribution in [3.8, 4) is 0 Å². The van der Waals surface area contributed by atoms with E-state index in [9.17, 15) is 0 Å². The molecule has 1 aliphatic carbocycles. The van der Waals surface area contributed by atoms with E-state index in [2.05, 4.69) is 48.5 Å². The second-order valence-electron chi connectivity index (χ2n) is 6.07. The summed E-state index contributed by atoms with van der Waals surface area (Å²) in [4.78, 5) is 4.65. The number of para-hydroxylation sites is 1. The number of benzene rings is 1. The molecule has 3 rings (SSSR count). The Kier molecular flexibility index (Phi) is 3.75. The third-order valence-corrected chi connectivity index (χ3v) is 5.18. The molecule has 1 aromatic heterocycles. The number of nitrogens with zero attached hydrogens (tertiary/aromatic N) is 1. The van der Waals surface area contributed by atoms with Crippen LogP contribution in [0.2, 0.25) is 0 Å². The van der Waals surface area contributed by atoms with Gasteiger partial charge in [-0.3, -0.25) is 4.98 Å². The van der Waals surface area contributed by atoms with Gasteiger partial charge in [0.15, 0.2) is 0 Å². The summed E-state index contributed by atoms with van der Waals surface area (Å²) in [6.45, 7) is 2.34. The largest absolute Gasteiger partial charge is 0.312 e.